The Morgan fingerprint density at radius 2 is 2.19 bits per heavy atom. The van der Waals surface area contributed by atoms with E-state index in [1.165, 1.54) is 17.0 Å². The van der Waals surface area contributed by atoms with Crippen LogP contribution in [0.25, 0.3) is 0 Å². The van der Waals surface area contributed by atoms with Crippen molar-refractivity contribution < 1.29 is 4.79 Å². The maximum absolute atomic E-state index is 11.9. The van der Waals surface area contributed by atoms with Gasteiger partial charge >= 0.3 is 0 Å². The minimum Gasteiger partial charge on any atom is -0.342 e. The molecule has 2 aliphatic rings. The number of rotatable bonds is 4. The summed E-state index contributed by atoms with van der Waals surface area (Å²) in [5.41, 5.74) is 5.76. The van der Waals surface area contributed by atoms with Crippen LogP contribution >= 0.6 is 0 Å². The molecule has 2 aromatic heterocycles. The smallest absolute Gasteiger partial charge is 0.219 e. The highest BCUT2D eigenvalue weighted by molar-refractivity contribution is 5.74. The van der Waals surface area contributed by atoms with E-state index in [1.54, 1.807) is 6.92 Å². The molecule has 140 valence electrons. The molecule has 6 heteroatoms. The largest absolute Gasteiger partial charge is 0.342 e. The number of anilines is 1. The maximum Gasteiger partial charge on any atom is 0.219 e. The molecule has 27 heavy (non-hydrogen) atoms. The van der Waals surface area contributed by atoms with Crippen molar-refractivity contribution in [3.63, 3.8) is 0 Å². The summed E-state index contributed by atoms with van der Waals surface area (Å²) in [6, 6.07) is 5.94. The van der Waals surface area contributed by atoms with Crippen LogP contribution in [-0.2, 0) is 24.3 Å². The van der Waals surface area contributed by atoms with Crippen LogP contribution < -0.4 is 5.32 Å². The third kappa shape index (κ3) is 3.79. The zero-order valence-electron chi connectivity index (χ0n) is 15.9. The maximum atomic E-state index is 11.9. The van der Waals surface area contributed by atoms with Crippen LogP contribution in [0.1, 0.15) is 43.6 Å². The summed E-state index contributed by atoms with van der Waals surface area (Å²) >= 11 is 0. The second kappa shape index (κ2) is 7.39. The van der Waals surface area contributed by atoms with E-state index in [9.17, 15) is 4.79 Å². The predicted molar refractivity (Wildman–Crippen MR) is 105 cm³/mol. The molecule has 4 rings (SSSR count). The van der Waals surface area contributed by atoms with Gasteiger partial charge in [0.05, 0.1) is 18.8 Å². The Morgan fingerprint density at radius 3 is 2.93 bits per heavy atom. The van der Waals surface area contributed by atoms with E-state index in [0.717, 1.165) is 42.9 Å². The first-order chi connectivity index (χ1) is 13.1. The lowest BCUT2D eigenvalue weighted by Crippen LogP contribution is -2.34. The van der Waals surface area contributed by atoms with Crippen molar-refractivity contribution in [1.82, 2.24) is 19.7 Å². The zero-order chi connectivity index (χ0) is 18.8. The fourth-order valence-electron chi connectivity index (χ4n) is 3.75. The molecule has 0 bridgehead atoms. The number of nitrogens with one attached hydrogen (secondary N) is 1. The lowest BCUT2D eigenvalue weighted by atomic mass is 10.0. The molecular formula is C21H25N5O. The van der Waals surface area contributed by atoms with Crippen LogP contribution in [0.15, 0.2) is 47.8 Å². The summed E-state index contributed by atoms with van der Waals surface area (Å²) in [6.07, 6.45) is 9.08. The fraction of sp³-hybridized carbons (Fsp3) is 0.381. The summed E-state index contributed by atoms with van der Waals surface area (Å²) in [5, 5.41) is 8.40. The molecule has 2 aromatic rings. The number of fused-ring (bicyclic) bond motifs is 1. The molecule has 0 atom stereocenters. The summed E-state index contributed by atoms with van der Waals surface area (Å²) in [5.74, 6) is 0.979. The van der Waals surface area contributed by atoms with E-state index in [2.05, 4.69) is 29.4 Å². The van der Waals surface area contributed by atoms with Crippen molar-refractivity contribution in [3.05, 3.63) is 64.8 Å². The lowest BCUT2D eigenvalue weighted by molar-refractivity contribution is -0.129. The number of aromatic nitrogens is 3. The summed E-state index contributed by atoms with van der Waals surface area (Å²) in [4.78, 5) is 18.2. The van der Waals surface area contributed by atoms with Crippen LogP contribution in [-0.4, -0.2) is 32.1 Å². The van der Waals surface area contributed by atoms with Gasteiger partial charge in [0.2, 0.25) is 5.91 Å². The number of allylic oxidation sites excluding steroid dienone is 4. The number of pyridine rings is 1. The molecule has 1 aliphatic carbocycles. The SMILES string of the molecule is CC(=O)N1CCc2c(c(NC3=CC(C)=CCC3)nn2Cc2ccccn2)C1. The second-order valence-corrected chi connectivity index (χ2v) is 7.22. The van der Waals surface area contributed by atoms with Crippen molar-refractivity contribution in [3.8, 4) is 0 Å². The predicted octanol–water partition coefficient (Wildman–Crippen LogP) is 3.27. The van der Waals surface area contributed by atoms with Crippen LogP contribution in [0.5, 0.6) is 0 Å². The Labute approximate surface area is 159 Å². The average Bonchev–Trinajstić information content (AvgIpc) is 2.99. The van der Waals surface area contributed by atoms with E-state index in [0.29, 0.717) is 13.1 Å². The normalized spacial score (nSPS) is 16.4. The molecule has 0 spiro atoms. The number of nitrogens with zero attached hydrogens (tertiary/aromatic N) is 4. The van der Waals surface area contributed by atoms with E-state index < -0.39 is 0 Å². The van der Waals surface area contributed by atoms with E-state index in [-0.39, 0.29) is 5.91 Å². The average molecular weight is 363 g/mol. The van der Waals surface area contributed by atoms with Gasteiger partial charge in [0.25, 0.3) is 0 Å². The molecule has 0 aromatic carbocycles. The first-order valence-electron chi connectivity index (χ1n) is 9.48. The lowest BCUT2D eigenvalue weighted by Gasteiger charge is -2.27. The van der Waals surface area contributed by atoms with Gasteiger partial charge in [-0.05, 0) is 38.0 Å². The first-order valence-corrected chi connectivity index (χ1v) is 9.48. The Balaban J connectivity index is 1.67. The monoisotopic (exact) mass is 363 g/mol. The van der Waals surface area contributed by atoms with Gasteiger partial charge in [0.15, 0.2) is 5.82 Å². The van der Waals surface area contributed by atoms with Gasteiger partial charge in [0, 0.05) is 43.0 Å². The third-order valence-corrected chi connectivity index (χ3v) is 5.18. The molecular weight excluding hydrogens is 338 g/mol. The number of hydrogen-bond donors (Lipinski definition) is 1. The molecule has 0 unspecified atom stereocenters. The number of hydrogen-bond acceptors (Lipinski definition) is 4. The number of carbonyl (C=O) groups is 1. The van der Waals surface area contributed by atoms with Crippen molar-refractivity contribution in [1.29, 1.82) is 0 Å². The topological polar surface area (TPSA) is 63.1 Å². The highest BCUT2D eigenvalue weighted by atomic mass is 16.2. The van der Waals surface area contributed by atoms with Crippen LogP contribution in [0.3, 0.4) is 0 Å². The Bertz CT molecular complexity index is 910. The van der Waals surface area contributed by atoms with Gasteiger partial charge in [0.1, 0.15) is 0 Å². The van der Waals surface area contributed by atoms with Crippen molar-refractivity contribution in [2.24, 2.45) is 0 Å². The number of amides is 1. The van der Waals surface area contributed by atoms with E-state index >= 15 is 0 Å². The molecule has 0 saturated heterocycles. The van der Waals surface area contributed by atoms with Gasteiger partial charge in [-0.3, -0.25) is 14.5 Å². The van der Waals surface area contributed by atoms with Crippen LogP contribution in [0.2, 0.25) is 0 Å². The van der Waals surface area contributed by atoms with Crippen LogP contribution in [0, 0.1) is 0 Å². The molecule has 1 amide bonds. The molecule has 3 heterocycles. The highest BCUT2D eigenvalue weighted by Gasteiger charge is 2.26. The van der Waals surface area contributed by atoms with Crippen molar-refractivity contribution in [2.75, 3.05) is 11.9 Å². The van der Waals surface area contributed by atoms with Crippen molar-refractivity contribution >= 4 is 11.7 Å². The molecule has 0 saturated carbocycles. The Hall–Kier alpha value is -2.89. The minimum absolute atomic E-state index is 0.111. The quantitative estimate of drug-likeness (QED) is 0.906. The van der Waals surface area contributed by atoms with Crippen LogP contribution in [0.4, 0.5) is 5.82 Å². The fourth-order valence-corrected chi connectivity index (χ4v) is 3.75. The van der Waals surface area contributed by atoms with E-state index in [1.807, 2.05) is 34.0 Å². The standard InChI is InChI=1S/C21H25N5O/c1-15-6-5-8-17(12-15)23-21-19-14-25(16(2)27)11-9-20(19)26(24-21)13-18-7-3-4-10-22-18/h3-4,6-7,10,12H,5,8-9,11,13-14H2,1-2H3,(H,23,24). The van der Waals surface area contributed by atoms with Gasteiger partial charge in [-0.15, -0.1) is 0 Å². The summed E-state index contributed by atoms with van der Waals surface area (Å²) < 4.78 is 2.05. The first kappa shape index (κ1) is 17.5. The van der Waals surface area contributed by atoms with Gasteiger partial charge in [-0.2, -0.15) is 5.10 Å². The molecule has 0 radical (unpaired) electrons. The van der Waals surface area contributed by atoms with Gasteiger partial charge in [-0.1, -0.05) is 17.7 Å². The molecule has 6 nitrogen and oxygen atoms in total. The molecule has 1 aliphatic heterocycles. The Kier molecular flexibility index (Phi) is 4.79. The molecule has 0 fully saturated rings. The summed E-state index contributed by atoms with van der Waals surface area (Å²) in [6.45, 7) is 5.74. The van der Waals surface area contributed by atoms with Crippen molar-refractivity contribution in [2.45, 2.75) is 46.2 Å². The second-order valence-electron chi connectivity index (χ2n) is 7.22. The Morgan fingerprint density at radius 1 is 1.30 bits per heavy atom. The minimum atomic E-state index is 0.111. The summed E-state index contributed by atoms with van der Waals surface area (Å²) in [7, 11) is 0. The molecule has 1 N–H and O–H groups in total. The highest BCUT2D eigenvalue weighted by Crippen LogP contribution is 2.29. The van der Waals surface area contributed by atoms with Gasteiger partial charge < -0.3 is 10.2 Å². The van der Waals surface area contributed by atoms with E-state index in [4.69, 9.17) is 5.10 Å². The zero-order valence-corrected chi connectivity index (χ0v) is 15.9. The third-order valence-electron chi connectivity index (χ3n) is 5.18. The van der Waals surface area contributed by atoms with Gasteiger partial charge in [-0.25, -0.2) is 0 Å². The number of carbonyl (C=O) groups excluding carboxylic acids is 1.